The predicted molar refractivity (Wildman–Crippen MR) is 118 cm³/mol. The van der Waals surface area contributed by atoms with Crippen LogP contribution in [0.1, 0.15) is 58.6 Å². The van der Waals surface area contributed by atoms with Gasteiger partial charge in [0.1, 0.15) is 36.2 Å². The number of rotatable bonds is 3. The maximum Gasteiger partial charge on any atom is 0.338 e. The molecule has 0 atom stereocenters. The molecule has 0 spiro atoms. The number of nitrogens with zero attached hydrogens (tertiary/aromatic N) is 7. The van der Waals surface area contributed by atoms with Crippen molar-refractivity contribution in [2.24, 2.45) is 5.10 Å². The third-order valence-corrected chi connectivity index (χ3v) is 4.42. The summed E-state index contributed by atoms with van der Waals surface area (Å²) in [4.78, 5) is 37.8. The van der Waals surface area contributed by atoms with Gasteiger partial charge in [-0.05, 0) is 51.0 Å². The normalized spacial score (nSPS) is 12.5. The van der Waals surface area contributed by atoms with Crippen LogP contribution in [0, 0.1) is 11.8 Å². The van der Waals surface area contributed by atoms with E-state index >= 15 is 0 Å². The van der Waals surface area contributed by atoms with Crippen LogP contribution in [-0.2, 0) is 17.8 Å². The molecule has 166 valence electrons. The quantitative estimate of drug-likeness (QED) is 0.449. The largest absolute Gasteiger partial charge is 0.456 e. The summed E-state index contributed by atoms with van der Waals surface area (Å²) in [6.45, 7) is 5.93. The first-order chi connectivity index (χ1) is 15.8. The third-order valence-electron chi connectivity index (χ3n) is 4.42. The number of fused-ring (bicyclic) bond motifs is 1. The summed E-state index contributed by atoms with van der Waals surface area (Å²) in [6, 6.07) is 6.27. The van der Waals surface area contributed by atoms with Crippen molar-refractivity contribution in [3.05, 3.63) is 71.3 Å². The molecule has 33 heavy (non-hydrogen) atoms. The van der Waals surface area contributed by atoms with Crippen molar-refractivity contribution in [1.82, 2.24) is 29.7 Å². The van der Waals surface area contributed by atoms with Gasteiger partial charge in [0, 0.05) is 5.56 Å². The Labute approximate surface area is 190 Å². The summed E-state index contributed by atoms with van der Waals surface area (Å²) in [7, 11) is 0. The number of carbonyl (C=O) groups is 2. The maximum absolute atomic E-state index is 12.9. The summed E-state index contributed by atoms with van der Waals surface area (Å²) >= 11 is 0. The molecular weight excluding hydrogens is 422 g/mol. The van der Waals surface area contributed by atoms with Gasteiger partial charge in [-0.25, -0.2) is 24.5 Å². The molecule has 0 bridgehead atoms. The third kappa shape index (κ3) is 5.46. The van der Waals surface area contributed by atoms with Crippen molar-refractivity contribution in [3.8, 4) is 11.8 Å². The molecule has 0 saturated carbocycles. The lowest BCUT2D eigenvalue weighted by Gasteiger charge is -2.21. The van der Waals surface area contributed by atoms with Crippen LogP contribution >= 0.6 is 0 Å². The van der Waals surface area contributed by atoms with E-state index in [0.29, 0.717) is 34.8 Å². The van der Waals surface area contributed by atoms with Gasteiger partial charge >= 0.3 is 5.97 Å². The number of carbonyl (C=O) groups excluding carboxylic acids is 2. The fraction of sp³-hybridized carbons (Fsp3) is 0.261. The molecule has 0 saturated heterocycles. The number of esters is 1. The standard InChI is InChI=1S/C23H21N7O3/c1-23(2,3)33-22(32)17-8-6-16(7-9-17)21(31)30-13-20-19(12-26-30)25-11-18(28-20)5-4-10-29-15-24-14-27-29/h6-9,11-12,14-15H,10,13H2,1-3H3. The van der Waals surface area contributed by atoms with E-state index in [1.54, 1.807) is 62.2 Å². The Morgan fingerprint density at radius 2 is 1.91 bits per heavy atom. The molecule has 2 aromatic heterocycles. The lowest BCUT2D eigenvalue weighted by molar-refractivity contribution is 0.00692. The minimum Gasteiger partial charge on any atom is -0.456 e. The minimum absolute atomic E-state index is 0.157. The number of ether oxygens (including phenoxy) is 1. The maximum atomic E-state index is 12.9. The molecule has 1 aliphatic heterocycles. The Morgan fingerprint density at radius 1 is 1.15 bits per heavy atom. The van der Waals surface area contributed by atoms with Gasteiger partial charge in [-0.2, -0.15) is 10.2 Å². The zero-order valence-electron chi connectivity index (χ0n) is 18.4. The zero-order chi connectivity index (χ0) is 23.4. The lowest BCUT2D eigenvalue weighted by Crippen LogP contribution is -2.30. The SMILES string of the molecule is CC(C)(C)OC(=O)c1ccc(C(=O)N2Cc3nc(C#CCn4cncn4)cnc3C=N2)cc1. The fourth-order valence-electron chi connectivity index (χ4n) is 2.91. The van der Waals surface area contributed by atoms with Gasteiger partial charge in [0.2, 0.25) is 0 Å². The predicted octanol–water partition coefficient (Wildman–Crippen LogP) is 2.07. The topological polar surface area (TPSA) is 115 Å². The first kappa shape index (κ1) is 21.8. The van der Waals surface area contributed by atoms with E-state index in [0.717, 1.165) is 0 Å². The van der Waals surface area contributed by atoms with Crippen LogP contribution in [0.4, 0.5) is 0 Å². The highest BCUT2D eigenvalue weighted by molar-refractivity contribution is 5.97. The van der Waals surface area contributed by atoms with Gasteiger partial charge < -0.3 is 4.74 Å². The van der Waals surface area contributed by atoms with Crippen molar-refractivity contribution >= 4 is 18.1 Å². The van der Waals surface area contributed by atoms with Crippen LogP contribution in [0.3, 0.4) is 0 Å². The molecule has 3 aromatic rings. The van der Waals surface area contributed by atoms with Crippen molar-refractivity contribution < 1.29 is 14.3 Å². The molecule has 10 nitrogen and oxygen atoms in total. The van der Waals surface area contributed by atoms with Gasteiger partial charge in [0.05, 0.1) is 30.2 Å². The molecule has 0 radical (unpaired) electrons. The highest BCUT2D eigenvalue weighted by Gasteiger charge is 2.23. The molecule has 0 N–H and O–H groups in total. The average molecular weight is 443 g/mol. The second kappa shape index (κ2) is 9.00. The van der Waals surface area contributed by atoms with E-state index in [1.807, 2.05) is 0 Å². The highest BCUT2D eigenvalue weighted by atomic mass is 16.6. The van der Waals surface area contributed by atoms with Crippen LogP contribution in [0.15, 0.2) is 48.2 Å². The second-order valence-electron chi connectivity index (χ2n) is 8.17. The molecule has 4 rings (SSSR count). The minimum atomic E-state index is -0.595. The zero-order valence-corrected chi connectivity index (χ0v) is 18.4. The lowest BCUT2D eigenvalue weighted by atomic mass is 10.1. The van der Waals surface area contributed by atoms with Gasteiger partial charge in [-0.3, -0.25) is 9.78 Å². The Kier molecular flexibility index (Phi) is 5.95. The number of hydrazone groups is 1. The van der Waals surface area contributed by atoms with Crippen molar-refractivity contribution in [2.75, 3.05) is 0 Å². The fourth-order valence-corrected chi connectivity index (χ4v) is 2.91. The first-order valence-electron chi connectivity index (χ1n) is 10.1. The summed E-state index contributed by atoms with van der Waals surface area (Å²) in [5.41, 5.74) is 1.83. The first-order valence-corrected chi connectivity index (χ1v) is 10.1. The summed E-state index contributed by atoms with van der Waals surface area (Å²) in [5, 5.41) is 9.47. The molecular formula is C23H21N7O3. The van der Waals surface area contributed by atoms with Crippen LogP contribution in [-0.4, -0.2) is 53.4 Å². The molecule has 0 fully saturated rings. The van der Waals surface area contributed by atoms with E-state index in [4.69, 9.17) is 4.74 Å². The number of benzene rings is 1. The number of hydrogen-bond donors (Lipinski definition) is 0. The van der Waals surface area contributed by atoms with E-state index in [9.17, 15) is 9.59 Å². The average Bonchev–Trinajstić information content (AvgIpc) is 3.30. The molecule has 0 unspecified atom stereocenters. The summed E-state index contributed by atoms with van der Waals surface area (Å²) < 4.78 is 6.94. The number of hydrogen-bond acceptors (Lipinski definition) is 8. The summed E-state index contributed by atoms with van der Waals surface area (Å²) in [5.74, 6) is 5.13. The number of amides is 1. The smallest absolute Gasteiger partial charge is 0.338 e. The van der Waals surface area contributed by atoms with E-state index in [2.05, 4.69) is 37.0 Å². The highest BCUT2D eigenvalue weighted by Crippen LogP contribution is 2.17. The van der Waals surface area contributed by atoms with Gasteiger partial charge in [0.25, 0.3) is 5.91 Å². The van der Waals surface area contributed by atoms with Crippen molar-refractivity contribution in [1.29, 1.82) is 0 Å². The molecule has 3 heterocycles. The molecule has 1 amide bonds. The Morgan fingerprint density at radius 3 is 2.61 bits per heavy atom. The van der Waals surface area contributed by atoms with Crippen LogP contribution < -0.4 is 0 Å². The van der Waals surface area contributed by atoms with E-state index < -0.39 is 11.6 Å². The Hall–Kier alpha value is -4.39. The van der Waals surface area contributed by atoms with Crippen LogP contribution in [0.25, 0.3) is 0 Å². The molecule has 1 aliphatic rings. The second-order valence-corrected chi connectivity index (χ2v) is 8.17. The van der Waals surface area contributed by atoms with Gasteiger partial charge in [-0.1, -0.05) is 5.92 Å². The van der Waals surface area contributed by atoms with Gasteiger partial charge in [0.15, 0.2) is 0 Å². The summed E-state index contributed by atoms with van der Waals surface area (Å²) in [6.07, 6.45) is 6.07. The Bertz CT molecular complexity index is 1260. The monoisotopic (exact) mass is 443 g/mol. The molecule has 0 aliphatic carbocycles. The van der Waals surface area contributed by atoms with E-state index in [1.165, 1.54) is 17.6 Å². The van der Waals surface area contributed by atoms with Crippen LogP contribution in [0.2, 0.25) is 0 Å². The van der Waals surface area contributed by atoms with Gasteiger partial charge in [-0.15, -0.1) is 0 Å². The molecule has 1 aromatic carbocycles. The van der Waals surface area contributed by atoms with Crippen molar-refractivity contribution in [3.63, 3.8) is 0 Å². The van der Waals surface area contributed by atoms with Crippen LogP contribution in [0.5, 0.6) is 0 Å². The molecule has 10 heteroatoms. The van der Waals surface area contributed by atoms with E-state index in [-0.39, 0.29) is 12.5 Å². The van der Waals surface area contributed by atoms with Crippen molar-refractivity contribution in [2.45, 2.75) is 39.5 Å². The number of aromatic nitrogens is 5. The Balaban J connectivity index is 1.44.